The minimum absolute atomic E-state index is 0.0396. The van der Waals surface area contributed by atoms with Crippen molar-refractivity contribution in [3.8, 4) is 0 Å². The summed E-state index contributed by atoms with van der Waals surface area (Å²) in [6.07, 6.45) is -5.16. The predicted molar refractivity (Wildman–Crippen MR) is 136 cm³/mol. The highest BCUT2D eigenvalue weighted by atomic mass is 19.4. The van der Waals surface area contributed by atoms with Gasteiger partial charge in [-0.3, -0.25) is 14.6 Å². The monoisotopic (exact) mass is 557 g/mol. The van der Waals surface area contributed by atoms with E-state index in [-0.39, 0.29) is 43.3 Å². The molecule has 3 amide bonds. The van der Waals surface area contributed by atoms with Crippen LogP contribution in [-0.4, -0.2) is 78.9 Å². The van der Waals surface area contributed by atoms with E-state index in [0.717, 1.165) is 11.6 Å². The Balaban J connectivity index is 1.52. The second-order valence-corrected chi connectivity index (χ2v) is 10.9. The van der Waals surface area contributed by atoms with Crippen LogP contribution in [0.25, 0.3) is 11.0 Å². The van der Waals surface area contributed by atoms with E-state index in [0.29, 0.717) is 28.4 Å². The summed E-state index contributed by atoms with van der Waals surface area (Å²) < 4.78 is 40.6. The number of H-pyrrole nitrogens is 1. The first-order valence-corrected chi connectivity index (χ1v) is 12.4. The summed E-state index contributed by atoms with van der Waals surface area (Å²) in [5.41, 5.74) is 0.905. The van der Waals surface area contributed by atoms with Gasteiger partial charge in [0.1, 0.15) is 11.0 Å². The number of carboxylic acid groups (broad SMARTS) is 1. The number of nitrogens with one attached hydrogen (secondary N) is 2. The van der Waals surface area contributed by atoms with Crippen molar-refractivity contribution in [1.82, 2.24) is 30.2 Å². The van der Waals surface area contributed by atoms with Gasteiger partial charge in [0.05, 0.1) is 23.0 Å². The normalized spacial score (nSPS) is 17.5. The molecule has 14 heteroatoms. The molecule has 2 aliphatic rings. The van der Waals surface area contributed by atoms with Gasteiger partial charge in [0.2, 0.25) is 5.91 Å². The number of anilines is 1. The van der Waals surface area contributed by atoms with E-state index in [1.807, 2.05) is 0 Å². The zero-order valence-electron chi connectivity index (χ0n) is 21.8. The molecule has 0 aliphatic carbocycles. The summed E-state index contributed by atoms with van der Waals surface area (Å²) in [6.45, 7) is 5.18. The Labute approximate surface area is 226 Å². The molecule has 2 aromatic heterocycles. The lowest BCUT2D eigenvalue weighted by molar-refractivity contribution is -0.137. The number of rotatable bonds is 4. The number of hydrogen-bond donors (Lipinski definition) is 3. The van der Waals surface area contributed by atoms with Gasteiger partial charge in [-0.1, -0.05) is 20.8 Å². The summed E-state index contributed by atoms with van der Waals surface area (Å²) in [5.74, 6) is -0.869. The van der Waals surface area contributed by atoms with E-state index in [2.05, 4.69) is 25.7 Å². The molecule has 210 valence electrons. The second-order valence-electron chi connectivity index (χ2n) is 10.9. The van der Waals surface area contributed by atoms with Crippen LogP contribution in [0.1, 0.15) is 42.4 Å². The van der Waals surface area contributed by atoms with Crippen molar-refractivity contribution in [3.63, 3.8) is 0 Å². The largest absolute Gasteiger partial charge is 0.465 e. The van der Waals surface area contributed by atoms with Gasteiger partial charge in [-0.25, -0.2) is 4.79 Å². The number of fused-ring (bicyclic) bond motifs is 1. The van der Waals surface area contributed by atoms with Crippen molar-refractivity contribution in [2.75, 3.05) is 25.0 Å². The summed E-state index contributed by atoms with van der Waals surface area (Å²) >= 11 is 0. The topological polar surface area (TPSA) is 144 Å². The average molecular weight is 558 g/mol. The number of alkyl halides is 3. The minimum atomic E-state index is -4.69. The SMILES string of the molecule is CC(C)(C)C(=O)Nc1cc(C(F)(F)F)cnc1CC1C2=C(CN(C(=O)O)C2)CN1C(=O)c1ccc2n[nH]nc2c1. The highest BCUT2D eigenvalue weighted by Crippen LogP contribution is 2.37. The molecule has 0 bridgehead atoms. The Morgan fingerprint density at radius 1 is 1.07 bits per heavy atom. The molecule has 2 aliphatic heterocycles. The molecule has 1 atom stereocenters. The van der Waals surface area contributed by atoms with E-state index < -0.39 is 35.2 Å². The Morgan fingerprint density at radius 3 is 2.48 bits per heavy atom. The molecular weight excluding hydrogens is 531 g/mol. The number of nitrogens with zero attached hydrogens (tertiary/aromatic N) is 5. The van der Waals surface area contributed by atoms with E-state index in [9.17, 15) is 32.7 Å². The number of aromatic amines is 1. The smallest absolute Gasteiger partial charge is 0.417 e. The van der Waals surface area contributed by atoms with Gasteiger partial charge in [0, 0.05) is 43.2 Å². The summed E-state index contributed by atoms with van der Waals surface area (Å²) in [5, 5.41) is 22.6. The third-order valence-corrected chi connectivity index (χ3v) is 7.04. The molecule has 1 unspecified atom stereocenters. The lowest BCUT2D eigenvalue weighted by Crippen LogP contribution is -2.43. The van der Waals surface area contributed by atoms with Crippen LogP contribution >= 0.6 is 0 Å². The van der Waals surface area contributed by atoms with Gasteiger partial charge >= 0.3 is 12.3 Å². The Kier molecular flexibility index (Phi) is 6.51. The first kappa shape index (κ1) is 27.1. The summed E-state index contributed by atoms with van der Waals surface area (Å²) in [4.78, 5) is 45.0. The van der Waals surface area contributed by atoms with Crippen molar-refractivity contribution in [2.24, 2.45) is 5.41 Å². The molecule has 0 fully saturated rings. The van der Waals surface area contributed by atoms with Gasteiger partial charge in [0.25, 0.3) is 5.91 Å². The highest BCUT2D eigenvalue weighted by Gasteiger charge is 2.42. The Morgan fingerprint density at radius 2 is 1.80 bits per heavy atom. The number of pyridine rings is 1. The highest BCUT2D eigenvalue weighted by molar-refractivity contribution is 5.98. The van der Waals surface area contributed by atoms with Crippen LogP contribution in [-0.2, 0) is 17.4 Å². The molecular formula is C26H26F3N7O4. The fourth-order valence-electron chi connectivity index (χ4n) is 4.83. The van der Waals surface area contributed by atoms with Crippen LogP contribution in [0, 0.1) is 5.41 Å². The first-order chi connectivity index (χ1) is 18.7. The Hall–Kier alpha value is -4.49. The number of amides is 3. The van der Waals surface area contributed by atoms with Gasteiger partial charge in [-0.2, -0.15) is 28.6 Å². The fourth-order valence-corrected chi connectivity index (χ4v) is 4.83. The van der Waals surface area contributed by atoms with Crippen molar-refractivity contribution in [2.45, 2.75) is 39.4 Å². The van der Waals surface area contributed by atoms with Crippen LogP contribution < -0.4 is 5.32 Å². The van der Waals surface area contributed by atoms with Gasteiger partial charge in [-0.15, -0.1) is 0 Å². The van der Waals surface area contributed by atoms with Gasteiger partial charge in [0.15, 0.2) is 0 Å². The van der Waals surface area contributed by atoms with E-state index >= 15 is 0 Å². The molecule has 3 aromatic rings. The quantitative estimate of drug-likeness (QED) is 0.415. The molecule has 40 heavy (non-hydrogen) atoms. The van der Waals surface area contributed by atoms with Crippen LogP contribution in [0.3, 0.4) is 0 Å². The van der Waals surface area contributed by atoms with Crippen LogP contribution in [0.2, 0.25) is 0 Å². The van der Waals surface area contributed by atoms with Gasteiger partial charge in [-0.05, 0) is 35.4 Å². The second kappa shape index (κ2) is 9.61. The number of hydrogen-bond acceptors (Lipinski definition) is 6. The summed E-state index contributed by atoms with van der Waals surface area (Å²) in [7, 11) is 0. The first-order valence-electron chi connectivity index (χ1n) is 12.4. The Bertz CT molecular complexity index is 1560. The molecule has 0 saturated heterocycles. The van der Waals surface area contributed by atoms with Crippen molar-refractivity contribution in [3.05, 3.63) is 58.4 Å². The standard InChI is InChI=1S/C26H26F3N7O4/c1-25(2,3)23(38)31-19-7-15(26(27,28)29)9-30-18(19)8-21-16-12-35(24(39)40)10-14(16)11-36(21)22(37)13-4-5-17-20(6-13)33-34-32-17/h4-7,9,21H,8,10-12H2,1-3H3,(H,31,38)(H,39,40)(H,32,33,34). The molecule has 0 spiro atoms. The predicted octanol–water partition coefficient (Wildman–Crippen LogP) is 3.71. The third-order valence-electron chi connectivity index (χ3n) is 7.04. The maximum atomic E-state index is 13.7. The van der Waals surface area contributed by atoms with Gasteiger partial charge < -0.3 is 20.2 Å². The number of halogens is 3. The average Bonchev–Trinajstić information content (AvgIpc) is 3.58. The van der Waals surface area contributed by atoms with Crippen molar-refractivity contribution < 1.29 is 32.7 Å². The fraction of sp³-hybridized carbons (Fsp3) is 0.385. The molecule has 11 nitrogen and oxygen atoms in total. The summed E-state index contributed by atoms with van der Waals surface area (Å²) in [6, 6.07) is 4.95. The van der Waals surface area contributed by atoms with Crippen LogP contribution in [0.4, 0.5) is 23.7 Å². The third kappa shape index (κ3) is 5.08. The molecule has 0 radical (unpaired) electrons. The minimum Gasteiger partial charge on any atom is -0.465 e. The van der Waals surface area contributed by atoms with E-state index in [4.69, 9.17) is 0 Å². The van der Waals surface area contributed by atoms with Crippen LogP contribution in [0.5, 0.6) is 0 Å². The zero-order valence-corrected chi connectivity index (χ0v) is 21.8. The lowest BCUT2D eigenvalue weighted by atomic mass is 9.95. The number of aromatic nitrogens is 4. The molecule has 1 aromatic carbocycles. The maximum Gasteiger partial charge on any atom is 0.417 e. The van der Waals surface area contributed by atoms with Crippen molar-refractivity contribution in [1.29, 1.82) is 0 Å². The number of carbonyl (C=O) groups is 3. The van der Waals surface area contributed by atoms with Crippen molar-refractivity contribution >= 4 is 34.6 Å². The van der Waals surface area contributed by atoms with Crippen LogP contribution in [0.15, 0.2) is 41.6 Å². The number of benzene rings is 1. The molecule has 4 heterocycles. The maximum absolute atomic E-state index is 13.7. The lowest BCUT2D eigenvalue weighted by Gasteiger charge is -2.30. The molecule has 5 rings (SSSR count). The van der Waals surface area contributed by atoms with E-state index in [1.54, 1.807) is 43.9 Å². The zero-order chi connectivity index (χ0) is 29.0. The molecule has 0 saturated carbocycles. The number of carbonyl (C=O) groups excluding carboxylic acids is 2. The van der Waals surface area contributed by atoms with E-state index in [1.165, 1.54) is 4.90 Å². The molecule has 3 N–H and O–H groups in total.